The van der Waals surface area contributed by atoms with Gasteiger partial charge in [-0.3, -0.25) is 0 Å². The van der Waals surface area contributed by atoms with Gasteiger partial charge in [0.2, 0.25) is 0 Å². The third-order valence-corrected chi connectivity index (χ3v) is 2.29. The second-order valence-corrected chi connectivity index (χ2v) is 4.25. The van der Waals surface area contributed by atoms with Gasteiger partial charge in [0.1, 0.15) is 6.61 Å². The maximum absolute atomic E-state index is 11.5. The molecule has 126 valence electrons. The Morgan fingerprint density at radius 1 is 1.22 bits per heavy atom. The van der Waals surface area contributed by atoms with Crippen molar-refractivity contribution in [3.63, 3.8) is 0 Å². The lowest BCUT2D eigenvalue weighted by atomic mass is 10.1. The van der Waals surface area contributed by atoms with Crippen molar-refractivity contribution in [1.29, 1.82) is 0 Å². The molecule has 0 aliphatic rings. The molecule has 0 heterocycles. The predicted molar refractivity (Wildman–Crippen MR) is 82.2 cm³/mol. The Morgan fingerprint density at radius 2 is 1.78 bits per heavy atom. The van der Waals surface area contributed by atoms with Gasteiger partial charge in [-0.05, 0) is 26.0 Å². The van der Waals surface area contributed by atoms with Crippen molar-refractivity contribution < 1.29 is 34.1 Å². The lowest BCUT2D eigenvalue weighted by Crippen LogP contribution is -2.17. The lowest BCUT2D eigenvalue weighted by molar-refractivity contribution is -0.137. The van der Waals surface area contributed by atoms with Crippen LogP contribution in [0, 0.1) is 0 Å². The number of benzene rings is 1. The van der Waals surface area contributed by atoms with Gasteiger partial charge in [0.15, 0.2) is 0 Å². The molecule has 7 heteroatoms. The van der Waals surface area contributed by atoms with Gasteiger partial charge in [0.05, 0.1) is 23.8 Å². The van der Waals surface area contributed by atoms with Gasteiger partial charge in [-0.1, -0.05) is 18.7 Å². The topological polar surface area (TPSA) is 110 Å². The molecular formula is C16H20O7. The van der Waals surface area contributed by atoms with Crippen molar-refractivity contribution >= 4 is 17.9 Å². The fourth-order valence-electron chi connectivity index (χ4n) is 1.32. The Labute approximate surface area is 134 Å². The normalized spacial score (nSPS) is 10.6. The van der Waals surface area contributed by atoms with E-state index in [1.165, 1.54) is 25.1 Å². The van der Waals surface area contributed by atoms with Gasteiger partial charge in [-0.2, -0.15) is 0 Å². The van der Waals surface area contributed by atoms with E-state index in [0.29, 0.717) is 6.61 Å². The van der Waals surface area contributed by atoms with Gasteiger partial charge in [0.25, 0.3) is 0 Å². The number of hydrogen-bond donors (Lipinski definition) is 2. The van der Waals surface area contributed by atoms with E-state index in [2.05, 4.69) is 11.3 Å². The molecule has 0 aromatic heterocycles. The van der Waals surface area contributed by atoms with Crippen LogP contribution in [0.2, 0.25) is 0 Å². The highest BCUT2D eigenvalue weighted by molar-refractivity contribution is 6.02. The molecule has 0 spiro atoms. The van der Waals surface area contributed by atoms with E-state index in [1.54, 1.807) is 13.0 Å². The lowest BCUT2D eigenvalue weighted by Gasteiger charge is -2.08. The van der Waals surface area contributed by atoms with E-state index in [1.807, 2.05) is 0 Å². The van der Waals surface area contributed by atoms with Gasteiger partial charge < -0.3 is 19.7 Å². The summed E-state index contributed by atoms with van der Waals surface area (Å²) in [6.07, 6.45) is 0.365. The fraction of sp³-hybridized carbons (Fsp3) is 0.312. The molecule has 1 aromatic rings. The number of carbonyl (C=O) groups is 3. The molecule has 0 fully saturated rings. The van der Waals surface area contributed by atoms with E-state index in [0.717, 1.165) is 6.08 Å². The minimum Gasteiger partial charge on any atom is -0.478 e. The van der Waals surface area contributed by atoms with Crippen molar-refractivity contribution in [2.24, 2.45) is 0 Å². The molecule has 1 unspecified atom stereocenters. The molecule has 1 rings (SSSR count). The maximum atomic E-state index is 11.5. The number of carbonyl (C=O) groups excluding carboxylic acids is 2. The smallest absolute Gasteiger partial charge is 0.339 e. The summed E-state index contributed by atoms with van der Waals surface area (Å²) in [6.45, 7) is 6.69. The number of hydrogen-bond acceptors (Lipinski definition) is 6. The zero-order chi connectivity index (χ0) is 17.8. The first-order valence-corrected chi connectivity index (χ1v) is 6.80. The van der Waals surface area contributed by atoms with Gasteiger partial charge in [0, 0.05) is 6.08 Å². The Hall–Kier alpha value is -2.67. The summed E-state index contributed by atoms with van der Waals surface area (Å²) in [4.78, 5) is 32.4. The number of aliphatic hydroxyl groups excluding tert-OH is 1. The molecule has 0 saturated heterocycles. The number of carboxylic acids is 1. The molecule has 0 saturated carbocycles. The summed E-state index contributed by atoms with van der Waals surface area (Å²) in [5, 5.41) is 17.8. The molecule has 0 aliphatic heterocycles. The highest BCUT2D eigenvalue weighted by Gasteiger charge is 2.17. The summed E-state index contributed by atoms with van der Waals surface area (Å²) >= 11 is 0. The average molecular weight is 324 g/mol. The first kappa shape index (κ1) is 20.3. The summed E-state index contributed by atoms with van der Waals surface area (Å²) in [6, 6.07) is 5.76. The molecule has 0 radical (unpaired) electrons. The third-order valence-electron chi connectivity index (χ3n) is 2.29. The fourth-order valence-corrected chi connectivity index (χ4v) is 1.32. The van der Waals surface area contributed by atoms with Crippen molar-refractivity contribution in [2.45, 2.75) is 20.0 Å². The quantitative estimate of drug-likeness (QED) is 0.604. The summed E-state index contributed by atoms with van der Waals surface area (Å²) < 4.78 is 9.16. The first-order valence-electron chi connectivity index (χ1n) is 6.80. The van der Waals surface area contributed by atoms with E-state index in [9.17, 15) is 14.4 Å². The second kappa shape index (κ2) is 11.0. The molecule has 1 aromatic carbocycles. The van der Waals surface area contributed by atoms with Crippen LogP contribution in [0.3, 0.4) is 0 Å². The van der Waals surface area contributed by atoms with Crippen molar-refractivity contribution in [1.82, 2.24) is 0 Å². The zero-order valence-corrected chi connectivity index (χ0v) is 13.0. The van der Waals surface area contributed by atoms with Crippen LogP contribution < -0.4 is 0 Å². The monoisotopic (exact) mass is 324 g/mol. The van der Waals surface area contributed by atoms with Gasteiger partial charge in [-0.15, -0.1) is 0 Å². The standard InChI is InChI=1S/C11H12O5.C5H8O2/c1-7(12)6-16-11(15)9-5-3-2-4-8(9)10(13)14;1-3-5(6)7-4-2/h2-5,7,12H,6H2,1H3,(H,13,14);3H,1,4H2,2H3. The average Bonchev–Trinajstić information content (AvgIpc) is 2.53. The van der Waals surface area contributed by atoms with Crippen LogP contribution in [-0.2, 0) is 14.3 Å². The molecule has 0 amide bonds. The van der Waals surface area contributed by atoms with Gasteiger partial charge in [-0.25, -0.2) is 14.4 Å². The summed E-state index contributed by atoms with van der Waals surface area (Å²) in [5.41, 5.74) is -0.131. The molecule has 1 atom stereocenters. The summed E-state index contributed by atoms with van der Waals surface area (Å²) in [7, 11) is 0. The van der Waals surface area contributed by atoms with Crippen LogP contribution in [-0.4, -0.2) is 47.4 Å². The molecule has 7 nitrogen and oxygen atoms in total. The Morgan fingerprint density at radius 3 is 2.17 bits per heavy atom. The molecule has 23 heavy (non-hydrogen) atoms. The molecule has 2 N–H and O–H groups in total. The largest absolute Gasteiger partial charge is 0.478 e. The van der Waals surface area contributed by atoms with Crippen LogP contribution in [0.4, 0.5) is 0 Å². The highest BCUT2D eigenvalue weighted by Crippen LogP contribution is 2.10. The van der Waals surface area contributed by atoms with Crippen LogP contribution in [0.5, 0.6) is 0 Å². The summed E-state index contributed by atoms with van der Waals surface area (Å²) in [5.74, 6) is -2.30. The Balaban J connectivity index is 0.000000585. The predicted octanol–water partition coefficient (Wildman–Crippen LogP) is 1.66. The van der Waals surface area contributed by atoms with E-state index < -0.39 is 18.0 Å². The maximum Gasteiger partial charge on any atom is 0.339 e. The number of ether oxygens (including phenoxy) is 2. The number of esters is 2. The number of aliphatic hydroxyl groups is 1. The van der Waals surface area contributed by atoms with Crippen LogP contribution in [0.15, 0.2) is 36.9 Å². The molecule has 0 aliphatic carbocycles. The van der Waals surface area contributed by atoms with Crippen LogP contribution in [0.25, 0.3) is 0 Å². The van der Waals surface area contributed by atoms with E-state index in [-0.39, 0.29) is 23.7 Å². The minimum absolute atomic E-state index is 0.0179. The highest BCUT2D eigenvalue weighted by atomic mass is 16.5. The first-order chi connectivity index (χ1) is 10.8. The van der Waals surface area contributed by atoms with Gasteiger partial charge >= 0.3 is 17.9 Å². The van der Waals surface area contributed by atoms with Crippen LogP contribution >= 0.6 is 0 Å². The molecule has 0 bridgehead atoms. The van der Waals surface area contributed by atoms with Crippen LogP contribution in [0.1, 0.15) is 34.6 Å². The second-order valence-electron chi connectivity index (χ2n) is 4.25. The Bertz CT molecular complexity index is 549. The SMILES string of the molecule is C=CC(=O)OCC.CC(O)COC(=O)c1ccccc1C(=O)O. The number of carboxylic acid groups (broad SMARTS) is 1. The number of rotatable bonds is 6. The van der Waals surface area contributed by atoms with E-state index in [4.69, 9.17) is 14.9 Å². The third kappa shape index (κ3) is 8.37. The minimum atomic E-state index is -1.19. The zero-order valence-electron chi connectivity index (χ0n) is 13.0. The van der Waals surface area contributed by atoms with Crippen molar-refractivity contribution in [3.8, 4) is 0 Å². The van der Waals surface area contributed by atoms with E-state index >= 15 is 0 Å². The van der Waals surface area contributed by atoms with Crippen molar-refractivity contribution in [3.05, 3.63) is 48.0 Å². The van der Waals surface area contributed by atoms with Crippen molar-refractivity contribution in [2.75, 3.05) is 13.2 Å². The number of aromatic carboxylic acids is 1. The Kier molecular flexibility index (Phi) is 9.70. The molecular weight excluding hydrogens is 304 g/mol.